The van der Waals surface area contributed by atoms with Crippen molar-refractivity contribution in [3.8, 4) is 0 Å². The predicted molar refractivity (Wildman–Crippen MR) is 72.1 cm³/mol. The highest BCUT2D eigenvalue weighted by atomic mass is 32.2. The fourth-order valence-corrected chi connectivity index (χ4v) is 2.75. The van der Waals surface area contributed by atoms with Crippen molar-refractivity contribution >= 4 is 22.7 Å². The highest BCUT2D eigenvalue weighted by Crippen LogP contribution is 2.29. The number of hydrogen-bond donors (Lipinski definition) is 1. The van der Waals surface area contributed by atoms with E-state index in [1.54, 1.807) is 0 Å². The molecule has 3 rings (SSSR count). The summed E-state index contributed by atoms with van der Waals surface area (Å²) in [5.74, 6) is 0.905. The molecule has 84 valence electrons. The van der Waals surface area contributed by atoms with Gasteiger partial charge >= 0.3 is 0 Å². The predicted octanol–water partition coefficient (Wildman–Crippen LogP) is 3.86. The maximum Gasteiger partial charge on any atom is 0.0506 e. The second kappa shape index (κ2) is 4.63. The number of thioether (sulfide) groups is 1. The van der Waals surface area contributed by atoms with Crippen molar-refractivity contribution in [1.82, 2.24) is 9.97 Å². The SMILES string of the molecule is c1ccc(CSc2c[nH]c3ccccc23)nc1. The van der Waals surface area contributed by atoms with Crippen LogP contribution in [0.3, 0.4) is 0 Å². The minimum Gasteiger partial charge on any atom is -0.360 e. The average molecular weight is 240 g/mol. The van der Waals surface area contributed by atoms with Crippen molar-refractivity contribution < 1.29 is 0 Å². The monoisotopic (exact) mass is 240 g/mol. The van der Waals surface area contributed by atoms with Crippen LogP contribution in [-0.2, 0) is 5.75 Å². The second-order valence-corrected chi connectivity index (χ2v) is 4.83. The Labute approximate surface area is 104 Å². The molecular formula is C14H12N2S. The van der Waals surface area contributed by atoms with E-state index in [0.717, 1.165) is 11.4 Å². The normalized spacial score (nSPS) is 10.8. The Balaban J connectivity index is 1.82. The Morgan fingerprint density at radius 1 is 1.06 bits per heavy atom. The number of benzene rings is 1. The number of aromatic nitrogens is 2. The number of pyridine rings is 1. The number of fused-ring (bicyclic) bond motifs is 1. The number of nitrogens with zero attached hydrogens (tertiary/aromatic N) is 1. The van der Waals surface area contributed by atoms with Gasteiger partial charge in [0.15, 0.2) is 0 Å². The molecule has 0 aliphatic carbocycles. The van der Waals surface area contributed by atoms with Crippen molar-refractivity contribution in [2.75, 3.05) is 0 Å². The number of rotatable bonds is 3. The number of hydrogen-bond acceptors (Lipinski definition) is 2. The van der Waals surface area contributed by atoms with Crippen LogP contribution in [-0.4, -0.2) is 9.97 Å². The van der Waals surface area contributed by atoms with E-state index < -0.39 is 0 Å². The van der Waals surface area contributed by atoms with E-state index in [0.29, 0.717) is 0 Å². The van der Waals surface area contributed by atoms with Gasteiger partial charge in [-0.25, -0.2) is 0 Å². The summed E-state index contributed by atoms with van der Waals surface area (Å²) in [5, 5.41) is 1.29. The van der Waals surface area contributed by atoms with Gasteiger partial charge in [0.25, 0.3) is 0 Å². The zero-order valence-corrected chi connectivity index (χ0v) is 10.1. The van der Waals surface area contributed by atoms with Crippen molar-refractivity contribution in [3.05, 3.63) is 60.6 Å². The lowest BCUT2D eigenvalue weighted by Gasteiger charge is -1.99. The van der Waals surface area contributed by atoms with Gasteiger partial charge in [0.1, 0.15) is 0 Å². The lowest BCUT2D eigenvalue weighted by Crippen LogP contribution is -1.83. The molecule has 2 heterocycles. The van der Waals surface area contributed by atoms with Crippen molar-refractivity contribution in [2.24, 2.45) is 0 Å². The average Bonchev–Trinajstić information content (AvgIpc) is 2.81. The molecule has 1 aromatic carbocycles. The molecule has 0 bridgehead atoms. The van der Waals surface area contributed by atoms with E-state index >= 15 is 0 Å². The summed E-state index contributed by atoms with van der Waals surface area (Å²) in [6, 6.07) is 14.4. The van der Waals surface area contributed by atoms with Gasteiger partial charge in [-0.3, -0.25) is 4.98 Å². The first kappa shape index (κ1) is 10.4. The lowest BCUT2D eigenvalue weighted by atomic mass is 10.2. The third-order valence-corrected chi connectivity index (χ3v) is 3.74. The Kier molecular flexibility index (Phi) is 2.84. The number of para-hydroxylation sites is 1. The van der Waals surface area contributed by atoms with E-state index in [9.17, 15) is 0 Å². The van der Waals surface area contributed by atoms with E-state index in [1.165, 1.54) is 15.8 Å². The molecule has 2 aromatic heterocycles. The Hall–Kier alpha value is -1.74. The zero-order chi connectivity index (χ0) is 11.5. The van der Waals surface area contributed by atoms with E-state index in [4.69, 9.17) is 0 Å². The van der Waals surface area contributed by atoms with Crippen LogP contribution in [0.15, 0.2) is 59.8 Å². The molecular weight excluding hydrogens is 228 g/mol. The van der Waals surface area contributed by atoms with Crippen molar-refractivity contribution in [1.29, 1.82) is 0 Å². The first-order chi connectivity index (χ1) is 8.43. The van der Waals surface area contributed by atoms with Gasteiger partial charge in [0.05, 0.1) is 5.69 Å². The summed E-state index contributed by atoms with van der Waals surface area (Å²) in [7, 11) is 0. The fraction of sp³-hybridized carbons (Fsp3) is 0.0714. The first-order valence-corrected chi connectivity index (χ1v) is 6.51. The van der Waals surface area contributed by atoms with Crippen LogP contribution in [0.5, 0.6) is 0 Å². The van der Waals surface area contributed by atoms with Gasteiger partial charge in [-0.1, -0.05) is 24.3 Å². The summed E-state index contributed by atoms with van der Waals surface area (Å²) >= 11 is 1.82. The topological polar surface area (TPSA) is 28.7 Å². The van der Waals surface area contributed by atoms with Gasteiger partial charge in [-0.05, 0) is 18.2 Å². The molecule has 0 saturated carbocycles. The summed E-state index contributed by atoms with van der Waals surface area (Å²) in [4.78, 5) is 8.89. The summed E-state index contributed by atoms with van der Waals surface area (Å²) in [6.45, 7) is 0. The van der Waals surface area contributed by atoms with Gasteiger partial charge in [-0.2, -0.15) is 0 Å². The number of H-pyrrole nitrogens is 1. The lowest BCUT2D eigenvalue weighted by molar-refractivity contribution is 1.17. The first-order valence-electron chi connectivity index (χ1n) is 5.52. The summed E-state index contributed by atoms with van der Waals surface area (Å²) in [6.07, 6.45) is 3.91. The van der Waals surface area contributed by atoms with Crippen LogP contribution >= 0.6 is 11.8 Å². The fourth-order valence-electron chi connectivity index (χ4n) is 1.80. The van der Waals surface area contributed by atoms with E-state index in [-0.39, 0.29) is 0 Å². The Bertz CT molecular complexity index is 616. The molecule has 3 heteroatoms. The molecule has 3 aromatic rings. The molecule has 0 fully saturated rings. The third kappa shape index (κ3) is 2.19. The van der Waals surface area contributed by atoms with Crippen LogP contribution in [0, 0.1) is 0 Å². The van der Waals surface area contributed by atoms with Crippen molar-refractivity contribution in [3.63, 3.8) is 0 Å². The molecule has 17 heavy (non-hydrogen) atoms. The van der Waals surface area contributed by atoms with Crippen LogP contribution in [0.4, 0.5) is 0 Å². The molecule has 0 saturated heterocycles. The molecule has 0 amide bonds. The van der Waals surface area contributed by atoms with Gasteiger partial charge in [-0.15, -0.1) is 11.8 Å². The van der Waals surface area contributed by atoms with E-state index in [2.05, 4.69) is 40.4 Å². The number of aromatic amines is 1. The summed E-state index contributed by atoms with van der Waals surface area (Å²) < 4.78 is 0. The number of nitrogens with one attached hydrogen (secondary N) is 1. The van der Waals surface area contributed by atoms with Crippen LogP contribution in [0.2, 0.25) is 0 Å². The Morgan fingerprint density at radius 2 is 1.94 bits per heavy atom. The van der Waals surface area contributed by atoms with E-state index in [1.807, 2.05) is 36.2 Å². The van der Waals surface area contributed by atoms with Gasteiger partial charge < -0.3 is 4.98 Å². The third-order valence-electron chi connectivity index (χ3n) is 2.65. The molecule has 0 spiro atoms. The Morgan fingerprint density at radius 3 is 2.82 bits per heavy atom. The van der Waals surface area contributed by atoms with Crippen molar-refractivity contribution in [2.45, 2.75) is 10.6 Å². The standard InChI is InChI=1S/C14H12N2S/c1-2-7-13-12(6-1)14(9-16-13)17-10-11-5-3-4-8-15-11/h1-9,16H,10H2. The molecule has 0 unspecified atom stereocenters. The molecule has 1 N–H and O–H groups in total. The van der Waals surface area contributed by atoms with Crippen LogP contribution in [0.1, 0.15) is 5.69 Å². The largest absolute Gasteiger partial charge is 0.360 e. The molecule has 0 atom stereocenters. The second-order valence-electron chi connectivity index (χ2n) is 3.81. The molecule has 0 radical (unpaired) electrons. The van der Waals surface area contributed by atoms with Gasteiger partial charge in [0, 0.05) is 33.9 Å². The van der Waals surface area contributed by atoms with Crippen LogP contribution in [0.25, 0.3) is 10.9 Å². The highest BCUT2D eigenvalue weighted by molar-refractivity contribution is 7.98. The quantitative estimate of drug-likeness (QED) is 0.704. The van der Waals surface area contributed by atoms with Gasteiger partial charge in [0.2, 0.25) is 0 Å². The molecule has 0 aliphatic heterocycles. The highest BCUT2D eigenvalue weighted by Gasteiger charge is 2.03. The summed E-state index contributed by atoms with van der Waals surface area (Å²) in [5.41, 5.74) is 2.30. The van der Waals surface area contributed by atoms with Crippen LogP contribution < -0.4 is 0 Å². The maximum atomic E-state index is 4.33. The molecule has 2 nitrogen and oxygen atoms in total. The maximum absolute atomic E-state index is 4.33. The minimum atomic E-state index is 0.905. The molecule has 0 aliphatic rings. The zero-order valence-electron chi connectivity index (χ0n) is 9.26. The minimum absolute atomic E-state index is 0.905. The smallest absolute Gasteiger partial charge is 0.0506 e.